The van der Waals surface area contributed by atoms with E-state index >= 15 is 0 Å². The average Bonchev–Trinajstić information content (AvgIpc) is 3.16. The predicted octanol–water partition coefficient (Wildman–Crippen LogP) is 3.68. The van der Waals surface area contributed by atoms with Crippen molar-refractivity contribution in [3.63, 3.8) is 0 Å². The molecule has 0 bridgehead atoms. The summed E-state index contributed by atoms with van der Waals surface area (Å²) in [6.45, 7) is 6.12. The van der Waals surface area contributed by atoms with Crippen LogP contribution < -0.4 is 10.9 Å². The lowest BCUT2D eigenvalue weighted by Gasteiger charge is -2.13. The molecule has 4 rings (SSSR count). The zero-order valence-electron chi connectivity index (χ0n) is 17.5. The van der Waals surface area contributed by atoms with Gasteiger partial charge in [0.1, 0.15) is 11.2 Å². The summed E-state index contributed by atoms with van der Waals surface area (Å²) in [5.41, 5.74) is 4.64. The van der Waals surface area contributed by atoms with E-state index in [-0.39, 0.29) is 30.2 Å². The summed E-state index contributed by atoms with van der Waals surface area (Å²) < 4.78 is 16.1. The van der Waals surface area contributed by atoms with Crippen molar-refractivity contribution in [2.24, 2.45) is 0 Å². The lowest BCUT2D eigenvalue weighted by molar-refractivity contribution is -0.116. The van der Waals surface area contributed by atoms with E-state index in [9.17, 15) is 14.0 Å². The monoisotopic (exact) mass is 419 g/mol. The van der Waals surface area contributed by atoms with Crippen molar-refractivity contribution in [3.05, 3.63) is 81.8 Å². The van der Waals surface area contributed by atoms with Crippen molar-refractivity contribution in [1.29, 1.82) is 0 Å². The molecule has 0 radical (unpaired) electrons. The number of aromatic nitrogens is 4. The van der Waals surface area contributed by atoms with Gasteiger partial charge in [0.25, 0.3) is 5.56 Å². The lowest BCUT2D eigenvalue weighted by atomic mass is 10.1. The van der Waals surface area contributed by atoms with Crippen LogP contribution in [0.2, 0.25) is 0 Å². The molecule has 0 aliphatic rings. The Morgan fingerprint density at radius 2 is 1.77 bits per heavy atom. The number of aryl methyl sites for hydroxylation is 4. The van der Waals surface area contributed by atoms with Crippen LogP contribution in [0.3, 0.4) is 0 Å². The Kier molecular flexibility index (Phi) is 5.37. The van der Waals surface area contributed by atoms with Crippen molar-refractivity contribution in [2.75, 3.05) is 5.32 Å². The van der Waals surface area contributed by atoms with Gasteiger partial charge >= 0.3 is 0 Å². The van der Waals surface area contributed by atoms with E-state index in [2.05, 4.69) is 15.4 Å². The molecule has 158 valence electrons. The number of nitrogens with one attached hydrogen (secondary N) is 1. The number of hydrogen-bond acceptors (Lipinski definition) is 4. The number of hydrogen-bond donors (Lipinski definition) is 1. The van der Waals surface area contributed by atoms with Crippen LogP contribution in [0.15, 0.2) is 53.7 Å². The molecule has 31 heavy (non-hydrogen) atoms. The van der Waals surface area contributed by atoms with Gasteiger partial charge in [0, 0.05) is 18.7 Å². The third-order valence-corrected chi connectivity index (χ3v) is 5.15. The normalized spacial score (nSPS) is 11.1. The standard InChI is InChI=1S/C23H22FN5O2/c1-14-10-15(2)21(16(3)11-14)27-20(30)8-9-28-13-25-22-19(23(28)31)12-26-29(22)18-6-4-17(24)5-7-18/h4-7,10-13H,8-9H2,1-3H3,(H,27,30). The maximum Gasteiger partial charge on any atom is 0.264 e. The van der Waals surface area contributed by atoms with Gasteiger partial charge in [0.2, 0.25) is 5.91 Å². The van der Waals surface area contributed by atoms with Crippen LogP contribution in [-0.4, -0.2) is 25.2 Å². The molecule has 2 heterocycles. The van der Waals surface area contributed by atoms with Gasteiger partial charge < -0.3 is 5.32 Å². The van der Waals surface area contributed by atoms with Crippen LogP contribution in [0.5, 0.6) is 0 Å². The highest BCUT2D eigenvalue weighted by Crippen LogP contribution is 2.22. The highest BCUT2D eigenvalue weighted by atomic mass is 19.1. The summed E-state index contributed by atoms with van der Waals surface area (Å²) in [6, 6.07) is 9.80. The second kappa shape index (κ2) is 8.14. The number of fused-ring (bicyclic) bond motifs is 1. The van der Waals surface area contributed by atoms with E-state index in [4.69, 9.17) is 0 Å². The number of carbonyl (C=O) groups excluding carboxylic acids is 1. The van der Waals surface area contributed by atoms with E-state index in [1.165, 1.54) is 33.9 Å². The molecule has 0 aliphatic carbocycles. The van der Waals surface area contributed by atoms with Crippen molar-refractivity contribution in [2.45, 2.75) is 33.7 Å². The Morgan fingerprint density at radius 1 is 1.10 bits per heavy atom. The van der Waals surface area contributed by atoms with Crippen LogP contribution in [0.1, 0.15) is 23.1 Å². The average molecular weight is 419 g/mol. The van der Waals surface area contributed by atoms with Gasteiger partial charge in [0.05, 0.1) is 18.2 Å². The molecule has 0 saturated carbocycles. The third kappa shape index (κ3) is 4.09. The third-order valence-electron chi connectivity index (χ3n) is 5.15. The van der Waals surface area contributed by atoms with Gasteiger partial charge in [0.15, 0.2) is 5.65 Å². The van der Waals surface area contributed by atoms with Gasteiger partial charge in [-0.25, -0.2) is 14.1 Å². The molecule has 4 aromatic rings. The molecule has 0 aliphatic heterocycles. The van der Waals surface area contributed by atoms with E-state index in [1.807, 2.05) is 32.9 Å². The summed E-state index contributed by atoms with van der Waals surface area (Å²) in [4.78, 5) is 29.6. The summed E-state index contributed by atoms with van der Waals surface area (Å²) in [5, 5.41) is 7.49. The van der Waals surface area contributed by atoms with Crippen molar-refractivity contribution in [3.8, 4) is 5.69 Å². The SMILES string of the molecule is Cc1cc(C)c(NC(=O)CCn2cnc3c(cnn3-c3ccc(F)cc3)c2=O)c(C)c1. The Labute approximate surface area is 178 Å². The lowest BCUT2D eigenvalue weighted by Crippen LogP contribution is -2.24. The molecule has 0 unspecified atom stereocenters. The first-order valence-electron chi connectivity index (χ1n) is 9.90. The Morgan fingerprint density at radius 3 is 2.45 bits per heavy atom. The smallest absolute Gasteiger partial charge is 0.264 e. The second-order valence-corrected chi connectivity index (χ2v) is 7.59. The summed E-state index contributed by atoms with van der Waals surface area (Å²) >= 11 is 0. The summed E-state index contributed by atoms with van der Waals surface area (Å²) in [5.74, 6) is -0.533. The van der Waals surface area contributed by atoms with E-state index in [1.54, 1.807) is 12.1 Å². The van der Waals surface area contributed by atoms with Gasteiger partial charge in [-0.1, -0.05) is 17.7 Å². The second-order valence-electron chi connectivity index (χ2n) is 7.59. The Hall–Kier alpha value is -3.81. The minimum Gasteiger partial charge on any atom is -0.326 e. The largest absolute Gasteiger partial charge is 0.326 e. The first-order chi connectivity index (χ1) is 14.8. The highest BCUT2D eigenvalue weighted by Gasteiger charge is 2.13. The Balaban J connectivity index is 1.52. The van der Waals surface area contributed by atoms with Crippen LogP contribution in [-0.2, 0) is 11.3 Å². The number of halogens is 1. The zero-order valence-corrected chi connectivity index (χ0v) is 17.5. The van der Waals surface area contributed by atoms with Crippen LogP contribution in [0, 0.1) is 26.6 Å². The fourth-order valence-corrected chi connectivity index (χ4v) is 3.68. The first kappa shape index (κ1) is 20.5. The fraction of sp³-hybridized carbons (Fsp3) is 0.217. The number of carbonyl (C=O) groups is 1. The van der Waals surface area contributed by atoms with E-state index in [0.29, 0.717) is 16.7 Å². The quantitative estimate of drug-likeness (QED) is 0.535. The number of anilines is 1. The van der Waals surface area contributed by atoms with Gasteiger partial charge in [-0.2, -0.15) is 5.10 Å². The van der Waals surface area contributed by atoms with E-state index < -0.39 is 0 Å². The zero-order chi connectivity index (χ0) is 22.1. The minimum atomic E-state index is -0.357. The molecule has 7 nitrogen and oxygen atoms in total. The molecule has 0 spiro atoms. The van der Waals surface area contributed by atoms with E-state index in [0.717, 1.165) is 22.4 Å². The number of nitrogens with zero attached hydrogens (tertiary/aromatic N) is 4. The van der Waals surface area contributed by atoms with Crippen molar-refractivity contribution < 1.29 is 9.18 Å². The molecule has 8 heteroatoms. The molecule has 1 N–H and O–H groups in total. The fourth-order valence-electron chi connectivity index (χ4n) is 3.68. The van der Waals surface area contributed by atoms with Crippen LogP contribution in [0.25, 0.3) is 16.7 Å². The molecule has 0 fully saturated rings. The molecule has 2 aromatic heterocycles. The number of amides is 1. The molecule has 1 amide bonds. The highest BCUT2D eigenvalue weighted by molar-refractivity contribution is 5.92. The van der Waals surface area contributed by atoms with Crippen molar-refractivity contribution >= 4 is 22.6 Å². The number of rotatable bonds is 5. The summed E-state index contributed by atoms with van der Waals surface area (Å²) in [7, 11) is 0. The van der Waals surface area contributed by atoms with Crippen LogP contribution in [0.4, 0.5) is 10.1 Å². The first-order valence-corrected chi connectivity index (χ1v) is 9.90. The number of benzene rings is 2. The molecular weight excluding hydrogens is 397 g/mol. The van der Waals surface area contributed by atoms with Gasteiger partial charge in [-0.15, -0.1) is 0 Å². The topological polar surface area (TPSA) is 81.8 Å². The predicted molar refractivity (Wildman–Crippen MR) is 117 cm³/mol. The van der Waals surface area contributed by atoms with Crippen LogP contribution >= 0.6 is 0 Å². The van der Waals surface area contributed by atoms with Gasteiger partial charge in [-0.05, 0) is 56.2 Å². The van der Waals surface area contributed by atoms with Gasteiger partial charge in [-0.3, -0.25) is 14.2 Å². The molecule has 2 aromatic carbocycles. The molecular formula is C23H22FN5O2. The maximum atomic E-state index is 13.2. The summed E-state index contributed by atoms with van der Waals surface area (Å²) in [6.07, 6.45) is 2.97. The minimum absolute atomic E-state index is 0.131. The van der Waals surface area contributed by atoms with Crippen molar-refractivity contribution in [1.82, 2.24) is 19.3 Å². The Bertz CT molecular complexity index is 1320. The maximum absolute atomic E-state index is 13.2. The molecule has 0 atom stereocenters. The molecule has 0 saturated heterocycles.